The number of carbonyl (C=O) groups is 4. The van der Waals surface area contributed by atoms with Crippen molar-refractivity contribution < 1.29 is 28.4 Å². The summed E-state index contributed by atoms with van der Waals surface area (Å²) in [5.74, 6) is -3.24. The third kappa shape index (κ3) is 3.62. The second-order valence-electron chi connectivity index (χ2n) is 4.23. The zero-order chi connectivity index (χ0) is 15.4. The molecule has 1 N–H and O–H groups in total. The highest BCUT2D eigenvalue weighted by molar-refractivity contribution is 6.02. The molecule has 0 saturated carbocycles. The van der Waals surface area contributed by atoms with E-state index in [4.69, 9.17) is 0 Å². The number of imide groups is 1. The molecular formula is C13H11FN2O5. The first kappa shape index (κ1) is 14.6. The van der Waals surface area contributed by atoms with E-state index in [2.05, 4.69) is 10.2 Å². The van der Waals surface area contributed by atoms with E-state index < -0.39 is 36.1 Å². The van der Waals surface area contributed by atoms with Crippen molar-refractivity contribution >= 4 is 23.7 Å². The van der Waals surface area contributed by atoms with Crippen LogP contribution in [0.4, 0.5) is 4.39 Å². The van der Waals surface area contributed by atoms with E-state index in [1.165, 1.54) is 12.1 Å². The summed E-state index contributed by atoms with van der Waals surface area (Å²) in [7, 11) is 0. The largest absolute Gasteiger partial charge is 0.352 e. The van der Waals surface area contributed by atoms with Crippen molar-refractivity contribution in [2.24, 2.45) is 0 Å². The van der Waals surface area contributed by atoms with Gasteiger partial charge in [0, 0.05) is 18.4 Å². The lowest BCUT2D eigenvalue weighted by Crippen LogP contribution is -2.37. The molecule has 0 atom stereocenters. The van der Waals surface area contributed by atoms with Gasteiger partial charge in [0.2, 0.25) is 0 Å². The van der Waals surface area contributed by atoms with Gasteiger partial charge in [-0.2, -0.15) is 0 Å². The highest BCUT2D eigenvalue weighted by Crippen LogP contribution is 2.11. The van der Waals surface area contributed by atoms with Gasteiger partial charge in [-0.1, -0.05) is 0 Å². The lowest BCUT2D eigenvalue weighted by atomic mass is 10.2. The molecular weight excluding hydrogens is 283 g/mol. The number of hydrogen-bond acceptors (Lipinski definition) is 5. The highest BCUT2D eigenvalue weighted by atomic mass is 19.1. The Morgan fingerprint density at radius 1 is 1.14 bits per heavy atom. The van der Waals surface area contributed by atoms with Gasteiger partial charge in [0.25, 0.3) is 17.7 Å². The van der Waals surface area contributed by atoms with Crippen molar-refractivity contribution in [3.05, 3.63) is 35.6 Å². The molecule has 0 aromatic heterocycles. The van der Waals surface area contributed by atoms with E-state index in [1.54, 1.807) is 0 Å². The van der Waals surface area contributed by atoms with Crippen LogP contribution in [0.1, 0.15) is 23.2 Å². The Morgan fingerprint density at radius 2 is 1.71 bits per heavy atom. The average molecular weight is 294 g/mol. The van der Waals surface area contributed by atoms with Crippen LogP contribution < -0.4 is 5.32 Å². The highest BCUT2D eigenvalue weighted by Gasteiger charge is 2.32. The summed E-state index contributed by atoms with van der Waals surface area (Å²) in [5.41, 5.74) is 0.164. The SMILES string of the molecule is O=C(CNC(=O)c1ccc(F)cc1)ON1C(=O)CCC1=O. The number of hydroxylamine groups is 2. The average Bonchev–Trinajstić information content (AvgIpc) is 2.77. The topological polar surface area (TPSA) is 92.8 Å². The molecule has 1 aromatic carbocycles. The molecule has 1 heterocycles. The predicted octanol–water partition coefficient (Wildman–Crippen LogP) is 0.163. The van der Waals surface area contributed by atoms with Crippen LogP contribution in [0.5, 0.6) is 0 Å². The Bertz CT molecular complexity index is 583. The number of halogens is 1. The van der Waals surface area contributed by atoms with Gasteiger partial charge in [-0.15, -0.1) is 5.06 Å². The van der Waals surface area contributed by atoms with E-state index in [0.717, 1.165) is 12.1 Å². The molecule has 2 rings (SSSR count). The van der Waals surface area contributed by atoms with E-state index in [-0.39, 0.29) is 18.4 Å². The summed E-state index contributed by atoms with van der Waals surface area (Å²) in [6.07, 6.45) is -0.0118. The van der Waals surface area contributed by atoms with E-state index in [9.17, 15) is 23.6 Å². The van der Waals surface area contributed by atoms with Crippen LogP contribution in [0.15, 0.2) is 24.3 Å². The maximum Gasteiger partial charge on any atom is 0.352 e. The second kappa shape index (κ2) is 6.12. The molecule has 1 aromatic rings. The Hall–Kier alpha value is -2.77. The first-order chi connectivity index (χ1) is 9.97. The van der Waals surface area contributed by atoms with Crippen molar-refractivity contribution in [3.63, 3.8) is 0 Å². The Balaban J connectivity index is 1.83. The molecule has 0 bridgehead atoms. The summed E-state index contributed by atoms with van der Waals surface area (Å²) >= 11 is 0. The lowest BCUT2D eigenvalue weighted by Gasteiger charge is -2.12. The second-order valence-corrected chi connectivity index (χ2v) is 4.23. The summed E-state index contributed by atoms with van der Waals surface area (Å²) in [4.78, 5) is 50.1. The summed E-state index contributed by atoms with van der Waals surface area (Å²) < 4.78 is 12.7. The third-order valence-corrected chi connectivity index (χ3v) is 2.70. The number of rotatable bonds is 4. The first-order valence-corrected chi connectivity index (χ1v) is 6.07. The molecule has 1 fully saturated rings. The summed E-state index contributed by atoms with van der Waals surface area (Å²) in [5, 5.41) is 2.63. The molecule has 0 spiro atoms. The maximum absolute atomic E-state index is 12.7. The van der Waals surface area contributed by atoms with Crippen molar-refractivity contribution in [3.8, 4) is 0 Å². The van der Waals surface area contributed by atoms with Crippen LogP contribution in [-0.4, -0.2) is 35.3 Å². The maximum atomic E-state index is 12.7. The van der Waals surface area contributed by atoms with Gasteiger partial charge in [-0.25, -0.2) is 9.18 Å². The van der Waals surface area contributed by atoms with Crippen molar-refractivity contribution in [1.82, 2.24) is 10.4 Å². The molecule has 3 amide bonds. The monoisotopic (exact) mass is 294 g/mol. The zero-order valence-electron chi connectivity index (χ0n) is 10.8. The smallest absolute Gasteiger partial charge is 0.341 e. The fourth-order valence-corrected chi connectivity index (χ4v) is 1.65. The standard InChI is InChI=1S/C13H11FN2O5/c14-9-3-1-8(2-4-9)13(20)15-7-12(19)21-16-10(17)5-6-11(16)18/h1-4H,5-7H2,(H,15,20). The number of nitrogens with one attached hydrogen (secondary N) is 1. The van der Waals surface area contributed by atoms with Gasteiger partial charge in [-0.05, 0) is 24.3 Å². The molecule has 7 nitrogen and oxygen atoms in total. The van der Waals surface area contributed by atoms with E-state index in [0.29, 0.717) is 5.06 Å². The summed E-state index contributed by atoms with van der Waals surface area (Å²) in [6, 6.07) is 4.72. The third-order valence-electron chi connectivity index (χ3n) is 2.70. The number of amides is 3. The number of benzene rings is 1. The van der Waals surface area contributed by atoms with Crippen LogP contribution in [-0.2, 0) is 19.2 Å². The van der Waals surface area contributed by atoms with E-state index >= 15 is 0 Å². The van der Waals surface area contributed by atoms with E-state index in [1.807, 2.05) is 0 Å². The van der Waals surface area contributed by atoms with Gasteiger partial charge in [-0.3, -0.25) is 14.4 Å². The van der Waals surface area contributed by atoms with Crippen molar-refractivity contribution in [2.45, 2.75) is 12.8 Å². The molecule has 1 aliphatic rings. The van der Waals surface area contributed by atoms with Crippen LogP contribution in [0.25, 0.3) is 0 Å². The van der Waals surface area contributed by atoms with Crippen LogP contribution >= 0.6 is 0 Å². The van der Waals surface area contributed by atoms with Gasteiger partial charge in [0.05, 0.1) is 0 Å². The Kier molecular flexibility index (Phi) is 4.27. The van der Waals surface area contributed by atoms with Crippen molar-refractivity contribution in [1.29, 1.82) is 0 Å². The Morgan fingerprint density at radius 3 is 2.29 bits per heavy atom. The Labute approximate surface area is 118 Å². The number of nitrogens with zero attached hydrogens (tertiary/aromatic N) is 1. The fraction of sp³-hybridized carbons (Fsp3) is 0.231. The minimum Gasteiger partial charge on any atom is -0.341 e. The van der Waals surface area contributed by atoms with Crippen LogP contribution in [0.2, 0.25) is 0 Å². The summed E-state index contributed by atoms with van der Waals surface area (Å²) in [6.45, 7) is -0.521. The lowest BCUT2D eigenvalue weighted by molar-refractivity contribution is -0.196. The molecule has 110 valence electrons. The minimum atomic E-state index is -0.950. The normalized spacial score (nSPS) is 14.2. The van der Waals surface area contributed by atoms with Crippen molar-refractivity contribution in [2.75, 3.05) is 6.54 Å². The molecule has 1 aliphatic heterocycles. The van der Waals surface area contributed by atoms with Crippen LogP contribution in [0, 0.1) is 5.82 Å². The minimum absolute atomic E-state index is 0.00590. The van der Waals surface area contributed by atoms with Crippen LogP contribution in [0.3, 0.4) is 0 Å². The first-order valence-electron chi connectivity index (χ1n) is 6.07. The molecule has 1 saturated heterocycles. The molecule has 21 heavy (non-hydrogen) atoms. The van der Waals surface area contributed by atoms with Gasteiger partial charge >= 0.3 is 5.97 Å². The fourth-order valence-electron chi connectivity index (χ4n) is 1.65. The van der Waals surface area contributed by atoms with Gasteiger partial charge < -0.3 is 10.2 Å². The molecule has 0 unspecified atom stereocenters. The zero-order valence-corrected chi connectivity index (χ0v) is 10.8. The van der Waals surface area contributed by atoms with Gasteiger partial charge in [0.1, 0.15) is 12.4 Å². The molecule has 8 heteroatoms. The number of carbonyl (C=O) groups excluding carboxylic acids is 4. The predicted molar refractivity (Wildman–Crippen MR) is 65.9 cm³/mol. The quantitative estimate of drug-likeness (QED) is 0.799. The molecule has 0 radical (unpaired) electrons. The molecule has 0 aliphatic carbocycles. The van der Waals surface area contributed by atoms with Gasteiger partial charge in [0.15, 0.2) is 0 Å². The number of hydrogen-bond donors (Lipinski definition) is 1.